The van der Waals surface area contributed by atoms with Gasteiger partial charge in [-0.05, 0) is 74.1 Å². The molecule has 0 saturated carbocycles. The van der Waals surface area contributed by atoms with Crippen LogP contribution in [0.25, 0.3) is 10.6 Å². The average molecular weight is 415 g/mol. The number of piperidine rings is 1. The average Bonchev–Trinajstić information content (AvgIpc) is 3.21. The minimum atomic E-state index is 0.287. The fraction of sp³-hybridized carbons (Fsp3) is 0.652. The molecule has 4 rings (SSSR count). The molecular weight excluding hydrogens is 380 g/mol. The van der Waals surface area contributed by atoms with Crippen molar-refractivity contribution in [3.05, 3.63) is 29.3 Å². The first-order chi connectivity index (χ1) is 14.1. The first-order valence-electron chi connectivity index (χ1n) is 11.1. The van der Waals surface area contributed by atoms with Gasteiger partial charge >= 0.3 is 0 Å². The van der Waals surface area contributed by atoms with E-state index in [-0.39, 0.29) is 5.41 Å². The van der Waals surface area contributed by atoms with Crippen LogP contribution in [0, 0.1) is 0 Å². The van der Waals surface area contributed by atoms with Gasteiger partial charge in [-0.15, -0.1) is 10.2 Å². The van der Waals surface area contributed by atoms with Crippen LogP contribution in [0.1, 0.15) is 63.5 Å². The minimum absolute atomic E-state index is 0.287. The summed E-state index contributed by atoms with van der Waals surface area (Å²) in [5, 5.41) is 23.6. The van der Waals surface area contributed by atoms with Crippen LogP contribution in [0.3, 0.4) is 0 Å². The van der Waals surface area contributed by atoms with Gasteiger partial charge in [0.15, 0.2) is 0 Å². The van der Waals surface area contributed by atoms with Crippen molar-refractivity contribution in [1.82, 2.24) is 15.5 Å². The molecule has 1 aliphatic heterocycles. The van der Waals surface area contributed by atoms with Crippen molar-refractivity contribution >= 4 is 16.5 Å². The van der Waals surface area contributed by atoms with E-state index in [1.54, 1.807) is 11.3 Å². The lowest BCUT2D eigenvalue weighted by atomic mass is 9.72. The molecule has 158 valence electrons. The number of aliphatic hydroxyl groups excluding tert-OH is 1. The molecule has 1 aliphatic carbocycles. The van der Waals surface area contributed by atoms with E-state index in [1.807, 2.05) is 0 Å². The number of nitrogens with one attached hydrogen (secondary N) is 1. The van der Waals surface area contributed by atoms with Crippen LogP contribution in [-0.4, -0.2) is 47.6 Å². The van der Waals surface area contributed by atoms with Crippen LogP contribution >= 0.6 is 11.3 Å². The molecule has 0 unspecified atom stereocenters. The van der Waals surface area contributed by atoms with E-state index in [9.17, 15) is 0 Å². The summed E-state index contributed by atoms with van der Waals surface area (Å²) in [7, 11) is 0. The first-order valence-corrected chi connectivity index (χ1v) is 11.9. The lowest BCUT2D eigenvalue weighted by molar-refractivity contribution is 0.281. The molecule has 0 bridgehead atoms. The van der Waals surface area contributed by atoms with Crippen molar-refractivity contribution in [2.75, 3.05) is 31.1 Å². The van der Waals surface area contributed by atoms with Gasteiger partial charge in [0.2, 0.25) is 5.13 Å². The Morgan fingerprint density at radius 1 is 1.21 bits per heavy atom. The van der Waals surface area contributed by atoms with E-state index in [4.69, 9.17) is 5.11 Å². The SMILES string of the molecule is CC1(C)CCCc2cc(-c3nnc(N4CCC(NCCCCO)CC4)s3)ccc21. The fourth-order valence-corrected chi connectivity index (χ4v) is 5.62. The van der Waals surface area contributed by atoms with Crippen LogP contribution in [0.2, 0.25) is 0 Å². The molecule has 0 atom stereocenters. The number of anilines is 1. The normalized spacial score (nSPS) is 19.3. The number of hydrogen-bond acceptors (Lipinski definition) is 6. The van der Waals surface area contributed by atoms with E-state index in [0.29, 0.717) is 12.6 Å². The van der Waals surface area contributed by atoms with Crippen LogP contribution < -0.4 is 10.2 Å². The van der Waals surface area contributed by atoms with E-state index in [1.165, 1.54) is 36.0 Å². The molecule has 0 spiro atoms. The lowest BCUT2D eigenvalue weighted by Crippen LogP contribution is -2.42. The first kappa shape index (κ1) is 20.8. The molecule has 0 amide bonds. The molecule has 2 N–H and O–H groups in total. The van der Waals surface area contributed by atoms with Crippen molar-refractivity contribution in [3.63, 3.8) is 0 Å². The molecule has 29 heavy (non-hydrogen) atoms. The summed E-state index contributed by atoms with van der Waals surface area (Å²) in [4.78, 5) is 2.38. The maximum Gasteiger partial charge on any atom is 0.208 e. The smallest absolute Gasteiger partial charge is 0.208 e. The standard InChI is InChI=1S/C23H34N4OS/c1-23(2)11-5-6-17-16-18(7-8-20(17)23)21-25-26-22(29-21)27-13-9-19(10-14-27)24-12-3-4-15-28/h7-8,16,19,24,28H,3-6,9-15H2,1-2H3. The second-order valence-corrected chi connectivity index (χ2v) is 10.1. The highest BCUT2D eigenvalue weighted by atomic mass is 32.1. The Hall–Kier alpha value is -1.50. The number of aliphatic hydroxyl groups is 1. The van der Waals surface area contributed by atoms with E-state index in [0.717, 1.165) is 55.5 Å². The number of hydrogen-bond donors (Lipinski definition) is 2. The molecule has 2 heterocycles. The van der Waals surface area contributed by atoms with Gasteiger partial charge in [-0.3, -0.25) is 0 Å². The van der Waals surface area contributed by atoms with E-state index >= 15 is 0 Å². The maximum absolute atomic E-state index is 8.88. The quantitative estimate of drug-likeness (QED) is 0.667. The van der Waals surface area contributed by atoms with Crippen molar-refractivity contribution in [2.24, 2.45) is 0 Å². The van der Waals surface area contributed by atoms with Gasteiger partial charge in [-0.25, -0.2) is 0 Å². The monoisotopic (exact) mass is 414 g/mol. The number of fused-ring (bicyclic) bond motifs is 1. The Balaban J connectivity index is 1.37. The zero-order valence-corrected chi connectivity index (χ0v) is 18.6. The Labute approximate surface area is 178 Å². The van der Waals surface area contributed by atoms with E-state index < -0.39 is 0 Å². The summed E-state index contributed by atoms with van der Waals surface area (Å²) < 4.78 is 0. The van der Waals surface area contributed by atoms with Gasteiger partial charge in [0.25, 0.3) is 0 Å². The highest BCUT2D eigenvalue weighted by Gasteiger charge is 2.28. The summed E-state index contributed by atoms with van der Waals surface area (Å²) in [5.41, 5.74) is 4.49. The number of benzene rings is 1. The number of nitrogens with zero attached hydrogens (tertiary/aromatic N) is 3. The summed E-state index contributed by atoms with van der Waals surface area (Å²) in [6.07, 6.45) is 7.94. The largest absolute Gasteiger partial charge is 0.396 e. The minimum Gasteiger partial charge on any atom is -0.396 e. The highest BCUT2D eigenvalue weighted by Crippen LogP contribution is 2.39. The highest BCUT2D eigenvalue weighted by molar-refractivity contribution is 7.18. The third-order valence-electron chi connectivity index (χ3n) is 6.53. The van der Waals surface area contributed by atoms with Crippen molar-refractivity contribution in [3.8, 4) is 10.6 Å². The van der Waals surface area contributed by atoms with Crippen molar-refractivity contribution < 1.29 is 5.11 Å². The number of unbranched alkanes of at least 4 members (excludes halogenated alkanes) is 1. The number of rotatable bonds is 7. The summed E-state index contributed by atoms with van der Waals surface area (Å²) in [5.74, 6) is 0. The van der Waals surface area contributed by atoms with E-state index in [2.05, 4.69) is 52.5 Å². The molecule has 1 aromatic heterocycles. The van der Waals surface area contributed by atoms with Gasteiger partial charge in [0.1, 0.15) is 5.01 Å². The number of aryl methyl sites for hydroxylation is 1. The molecule has 0 radical (unpaired) electrons. The molecule has 1 saturated heterocycles. The Kier molecular flexibility index (Phi) is 6.52. The molecular formula is C23H34N4OS. The van der Waals surface area contributed by atoms with Crippen LogP contribution in [0.15, 0.2) is 18.2 Å². The molecule has 5 nitrogen and oxygen atoms in total. The zero-order chi connectivity index (χ0) is 20.3. The molecule has 2 aliphatic rings. The van der Waals surface area contributed by atoms with Crippen molar-refractivity contribution in [1.29, 1.82) is 0 Å². The third kappa shape index (κ3) is 4.81. The second kappa shape index (κ2) is 9.11. The van der Waals surface area contributed by atoms with Crippen LogP contribution in [0.4, 0.5) is 5.13 Å². The molecule has 2 aromatic rings. The summed E-state index contributed by atoms with van der Waals surface area (Å²) in [6, 6.07) is 7.49. The second-order valence-electron chi connectivity index (χ2n) is 9.15. The zero-order valence-electron chi connectivity index (χ0n) is 17.8. The Bertz CT molecular complexity index is 811. The van der Waals surface area contributed by atoms with Gasteiger partial charge in [0, 0.05) is 31.3 Å². The lowest BCUT2D eigenvalue weighted by Gasteiger charge is -2.32. The Morgan fingerprint density at radius 2 is 2.03 bits per heavy atom. The third-order valence-corrected chi connectivity index (χ3v) is 7.56. The number of aromatic nitrogens is 2. The van der Waals surface area contributed by atoms with Gasteiger partial charge in [0.05, 0.1) is 0 Å². The Morgan fingerprint density at radius 3 is 2.83 bits per heavy atom. The summed E-state index contributed by atoms with van der Waals surface area (Å²) >= 11 is 1.72. The molecule has 6 heteroatoms. The predicted molar refractivity (Wildman–Crippen MR) is 121 cm³/mol. The summed E-state index contributed by atoms with van der Waals surface area (Å²) in [6.45, 7) is 8.08. The predicted octanol–water partition coefficient (Wildman–Crippen LogP) is 4.15. The van der Waals surface area contributed by atoms with Crippen LogP contribution in [-0.2, 0) is 11.8 Å². The topological polar surface area (TPSA) is 61.3 Å². The van der Waals surface area contributed by atoms with Crippen LogP contribution in [0.5, 0.6) is 0 Å². The molecule has 1 fully saturated rings. The maximum atomic E-state index is 8.88. The van der Waals surface area contributed by atoms with Gasteiger partial charge < -0.3 is 15.3 Å². The molecule has 1 aromatic carbocycles. The van der Waals surface area contributed by atoms with Gasteiger partial charge in [-0.1, -0.05) is 37.3 Å². The van der Waals surface area contributed by atoms with Gasteiger partial charge in [-0.2, -0.15) is 0 Å². The fourth-order valence-electron chi connectivity index (χ4n) is 4.73. The van der Waals surface area contributed by atoms with Crippen molar-refractivity contribution in [2.45, 2.75) is 70.3 Å².